The van der Waals surface area contributed by atoms with Crippen LogP contribution in [0.5, 0.6) is 0 Å². The Morgan fingerprint density at radius 3 is 2.95 bits per heavy atom. The molecule has 4 unspecified atom stereocenters. The van der Waals surface area contributed by atoms with Crippen LogP contribution < -0.4 is 11.3 Å². The van der Waals surface area contributed by atoms with Gasteiger partial charge < -0.3 is 0 Å². The van der Waals surface area contributed by atoms with E-state index in [1.54, 1.807) is 10.4 Å². The zero-order chi connectivity index (χ0) is 12.8. The van der Waals surface area contributed by atoms with Gasteiger partial charge >= 0.3 is 0 Å². The summed E-state index contributed by atoms with van der Waals surface area (Å²) in [7, 11) is 0. The van der Waals surface area contributed by atoms with Crippen molar-refractivity contribution in [3.63, 3.8) is 0 Å². The van der Waals surface area contributed by atoms with Crippen molar-refractivity contribution in [3.8, 4) is 0 Å². The fourth-order valence-corrected chi connectivity index (χ4v) is 6.09. The molecule has 0 aromatic carbocycles. The van der Waals surface area contributed by atoms with Gasteiger partial charge in [-0.15, -0.1) is 11.3 Å². The molecule has 3 N–H and O–H groups in total. The molecule has 0 spiro atoms. The minimum absolute atomic E-state index is 0.403. The molecular weight excluding hydrogens is 252 g/mol. The SMILES string of the molecule is NNC(CC1CC2CCC1C2)c1cc2c(s1)CCC2. The summed E-state index contributed by atoms with van der Waals surface area (Å²) in [6, 6.07) is 2.84. The zero-order valence-electron chi connectivity index (χ0n) is 11.5. The van der Waals surface area contributed by atoms with Crippen molar-refractivity contribution >= 4 is 11.3 Å². The lowest BCUT2D eigenvalue weighted by Crippen LogP contribution is -2.30. The Kier molecular flexibility index (Phi) is 3.17. The Morgan fingerprint density at radius 1 is 1.32 bits per heavy atom. The van der Waals surface area contributed by atoms with Gasteiger partial charge in [0, 0.05) is 9.75 Å². The van der Waals surface area contributed by atoms with Crippen LogP contribution in [0.15, 0.2) is 6.07 Å². The second-order valence-corrected chi connectivity index (χ2v) is 8.01. The fraction of sp³-hybridized carbons (Fsp3) is 0.750. The molecule has 0 aliphatic heterocycles. The third-order valence-corrected chi connectivity index (χ3v) is 7.08. The first-order valence-electron chi connectivity index (χ1n) is 7.91. The Bertz CT molecular complexity index is 446. The summed E-state index contributed by atoms with van der Waals surface area (Å²) in [6.07, 6.45) is 11.1. The van der Waals surface area contributed by atoms with E-state index in [2.05, 4.69) is 11.5 Å². The van der Waals surface area contributed by atoms with Crippen molar-refractivity contribution < 1.29 is 0 Å². The van der Waals surface area contributed by atoms with E-state index < -0.39 is 0 Å². The fourth-order valence-electron chi connectivity index (χ4n) is 4.76. The van der Waals surface area contributed by atoms with E-state index in [1.165, 1.54) is 56.2 Å². The number of nitrogens with two attached hydrogens (primary N) is 1. The maximum atomic E-state index is 5.86. The molecule has 0 saturated heterocycles. The number of aryl methyl sites for hydroxylation is 2. The monoisotopic (exact) mass is 276 g/mol. The molecular formula is C16H24N2S. The van der Waals surface area contributed by atoms with Gasteiger partial charge in [0.05, 0.1) is 6.04 Å². The number of hydrazine groups is 1. The molecule has 0 radical (unpaired) electrons. The molecule has 3 aliphatic carbocycles. The van der Waals surface area contributed by atoms with Gasteiger partial charge in [0.2, 0.25) is 0 Å². The smallest absolute Gasteiger partial charge is 0.0556 e. The molecule has 4 atom stereocenters. The van der Waals surface area contributed by atoms with Crippen LogP contribution in [0.3, 0.4) is 0 Å². The quantitative estimate of drug-likeness (QED) is 0.652. The number of thiophene rings is 1. The lowest BCUT2D eigenvalue weighted by atomic mass is 9.84. The predicted molar refractivity (Wildman–Crippen MR) is 80.0 cm³/mol. The largest absolute Gasteiger partial charge is 0.271 e. The van der Waals surface area contributed by atoms with Gasteiger partial charge in [-0.25, -0.2) is 0 Å². The molecule has 0 amide bonds. The van der Waals surface area contributed by atoms with Crippen LogP contribution in [-0.4, -0.2) is 0 Å². The van der Waals surface area contributed by atoms with Crippen LogP contribution in [0, 0.1) is 17.8 Å². The lowest BCUT2D eigenvalue weighted by Gasteiger charge is -2.25. The second-order valence-electron chi connectivity index (χ2n) is 6.84. The van der Waals surface area contributed by atoms with Crippen molar-refractivity contribution in [3.05, 3.63) is 21.4 Å². The van der Waals surface area contributed by atoms with Crippen molar-refractivity contribution in [2.75, 3.05) is 0 Å². The van der Waals surface area contributed by atoms with Crippen LogP contribution in [0.4, 0.5) is 0 Å². The number of nitrogens with one attached hydrogen (secondary N) is 1. The number of hydrogen-bond acceptors (Lipinski definition) is 3. The van der Waals surface area contributed by atoms with Gasteiger partial charge in [0.15, 0.2) is 0 Å². The highest BCUT2D eigenvalue weighted by Crippen LogP contribution is 2.51. The highest BCUT2D eigenvalue weighted by molar-refractivity contribution is 7.12. The van der Waals surface area contributed by atoms with Crippen molar-refractivity contribution in [1.82, 2.24) is 5.43 Å². The van der Waals surface area contributed by atoms with E-state index in [0.717, 1.165) is 17.8 Å². The molecule has 104 valence electrons. The van der Waals surface area contributed by atoms with Crippen LogP contribution in [0.2, 0.25) is 0 Å². The van der Waals surface area contributed by atoms with E-state index in [4.69, 9.17) is 5.84 Å². The summed E-state index contributed by atoms with van der Waals surface area (Å²) < 4.78 is 0. The van der Waals surface area contributed by atoms with E-state index in [0.29, 0.717) is 6.04 Å². The normalized spacial score (nSPS) is 33.8. The topological polar surface area (TPSA) is 38.0 Å². The molecule has 2 bridgehead atoms. The van der Waals surface area contributed by atoms with Gasteiger partial charge in [-0.2, -0.15) is 0 Å². The molecule has 1 aromatic rings. The number of hydrogen-bond donors (Lipinski definition) is 2. The van der Waals surface area contributed by atoms with Crippen molar-refractivity contribution in [2.24, 2.45) is 23.6 Å². The van der Waals surface area contributed by atoms with E-state index in [9.17, 15) is 0 Å². The van der Waals surface area contributed by atoms with Crippen molar-refractivity contribution in [1.29, 1.82) is 0 Å². The maximum Gasteiger partial charge on any atom is 0.0556 e. The van der Waals surface area contributed by atoms with E-state index in [-0.39, 0.29) is 0 Å². The molecule has 1 heterocycles. The van der Waals surface area contributed by atoms with Crippen LogP contribution in [-0.2, 0) is 12.8 Å². The molecule has 3 aliphatic rings. The van der Waals surface area contributed by atoms with Crippen LogP contribution in [0.25, 0.3) is 0 Å². The summed E-state index contributed by atoms with van der Waals surface area (Å²) in [6.45, 7) is 0. The summed E-state index contributed by atoms with van der Waals surface area (Å²) in [5.74, 6) is 8.83. The van der Waals surface area contributed by atoms with Gasteiger partial charge in [0.1, 0.15) is 0 Å². The Labute approximate surface area is 119 Å². The second kappa shape index (κ2) is 4.87. The molecule has 2 saturated carbocycles. The number of rotatable bonds is 4. The van der Waals surface area contributed by atoms with Gasteiger partial charge in [-0.05, 0) is 74.3 Å². The Hall–Kier alpha value is -0.380. The standard InChI is InChI=1S/C16H24N2S/c17-18-14(8-13-7-10-4-5-11(13)6-10)16-9-12-2-1-3-15(12)19-16/h9-11,13-14,18H,1-8,17H2. The summed E-state index contributed by atoms with van der Waals surface area (Å²) in [5.41, 5.74) is 4.71. The maximum absolute atomic E-state index is 5.86. The Morgan fingerprint density at radius 2 is 2.26 bits per heavy atom. The van der Waals surface area contributed by atoms with E-state index in [1.807, 2.05) is 11.3 Å². The number of fused-ring (bicyclic) bond motifs is 3. The lowest BCUT2D eigenvalue weighted by molar-refractivity contribution is 0.281. The summed E-state index contributed by atoms with van der Waals surface area (Å²) in [4.78, 5) is 3.12. The third-order valence-electron chi connectivity index (χ3n) is 5.73. The minimum Gasteiger partial charge on any atom is -0.271 e. The highest BCUT2D eigenvalue weighted by atomic mass is 32.1. The first-order valence-corrected chi connectivity index (χ1v) is 8.72. The Balaban J connectivity index is 1.48. The average molecular weight is 276 g/mol. The third kappa shape index (κ3) is 2.16. The summed E-state index contributed by atoms with van der Waals surface area (Å²) >= 11 is 2.02. The average Bonchev–Trinajstić information content (AvgIpc) is 3.13. The van der Waals surface area contributed by atoms with Crippen LogP contribution >= 0.6 is 11.3 Å². The molecule has 4 rings (SSSR count). The molecule has 19 heavy (non-hydrogen) atoms. The summed E-state index contributed by atoms with van der Waals surface area (Å²) in [5, 5.41) is 0. The zero-order valence-corrected chi connectivity index (χ0v) is 12.3. The van der Waals surface area contributed by atoms with Crippen LogP contribution in [0.1, 0.15) is 59.9 Å². The highest BCUT2D eigenvalue weighted by Gasteiger charge is 2.40. The first kappa shape index (κ1) is 12.4. The molecule has 2 nitrogen and oxygen atoms in total. The van der Waals surface area contributed by atoms with E-state index >= 15 is 0 Å². The first-order chi connectivity index (χ1) is 9.33. The molecule has 1 aromatic heterocycles. The predicted octanol–water partition coefficient (Wildman–Crippen LogP) is 3.57. The van der Waals surface area contributed by atoms with Crippen molar-refractivity contribution in [2.45, 2.75) is 57.4 Å². The van der Waals surface area contributed by atoms with Gasteiger partial charge in [-0.3, -0.25) is 11.3 Å². The molecule has 3 heteroatoms. The molecule has 2 fully saturated rings. The van der Waals surface area contributed by atoms with Gasteiger partial charge in [-0.1, -0.05) is 6.42 Å². The van der Waals surface area contributed by atoms with Gasteiger partial charge in [0.25, 0.3) is 0 Å². The minimum atomic E-state index is 0.403.